The molecule has 0 unspecified atom stereocenters. The average molecular weight is 388 g/mol. The van der Waals surface area contributed by atoms with Crippen LogP contribution in [0.3, 0.4) is 0 Å². The van der Waals surface area contributed by atoms with Crippen LogP contribution in [0.15, 0.2) is 18.5 Å². The maximum atomic E-state index is 4.87. The molecule has 0 spiro atoms. The smallest absolute Gasteiger partial charge is 0.181 e. The van der Waals surface area contributed by atoms with E-state index < -0.39 is 0 Å². The Bertz CT molecular complexity index is 1250. The molecule has 0 aromatic carbocycles. The van der Waals surface area contributed by atoms with Crippen molar-refractivity contribution < 1.29 is 0 Å². The van der Waals surface area contributed by atoms with E-state index in [-0.39, 0.29) is 0 Å². The summed E-state index contributed by atoms with van der Waals surface area (Å²) in [5.74, 6) is 1.80. The molecule has 29 heavy (non-hydrogen) atoms. The first-order valence-corrected chi connectivity index (χ1v) is 9.85. The molecule has 0 saturated heterocycles. The summed E-state index contributed by atoms with van der Waals surface area (Å²) in [6, 6.07) is 2.25. The van der Waals surface area contributed by atoms with Crippen LogP contribution in [0.1, 0.15) is 33.9 Å². The zero-order chi connectivity index (χ0) is 20.3. The molecular formula is C21H24N8. The quantitative estimate of drug-likeness (QED) is 0.525. The fourth-order valence-corrected chi connectivity index (χ4v) is 4.15. The molecule has 5 rings (SSSR count). The summed E-state index contributed by atoms with van der Waals surface area (Å²) in [5.41, 5.74) is 8.79. The molecule has 0 radical (unpaired) electrons. The van der Waals surface area contributed by atoms with E-state index in [1.54, 1.807) is 0 Å². The Kier molecular flexibility index (Phi) is 3.90. The predicted octanol–water partition coefficient (Wildman–Crippen LogP) is 2.72. The monoisotopic (exact) mass is 388 g/mol. The number of anilines is 1. The van der Waals surface area contributed by atoms with Crippen LogP contribution in [0.2, 0.25) is 0 Å². The molecule has 0 atom stereocenters. The first-order chi connectivity index (χ1) is 13.9. The van der Waals surface area contributed by atoms with Gasteiger partial charge in [-0.3, -0.25) is 9.67 Å². The van der Waals surface area contributed by atoms with Crippen molar-refractivity contribution >= 4 is 11.5 Å². The lowest BCUT2D eigenvalue weighted by atomic mass is 10.00. The minimum Gasteiger partial charge on any atom is -0.350 e. The third-order valence-corrected chi connectivity index (χ3v) is 5.89. The van der Waals surface area contributed by atoms with E-state index in [0.29, 0.717) is 0 Å². The van der Waals surface area contributed by atoms with Crippen molar-refractivity contribution in [2.24, 2.45) is 7.05 Å². The van der Waals surface area contributed by atoms with Gasteiger partial charge in [0.25, 0.3) is 0 Å². The molecule has 1 aliphatic rings. The largest absolute Gasteiger partial charge is 0.350 e. The van der Waals surface area contributed by atoms with Gasteiger partial charge in [0.15, 0.2) is 17.3 Å². The normalized spacial score (nSPS) is 13.9. The van der Waals surface area contributed by atoms with Crippen LogP contribution < -0.4 is 4.90 Å². The topological polar surface area (TPSA) is 77.0 Å². The van der Waals surface area contributed by atoms with E-state index >= 15 is 0 Å². The van der Waals surface area contributed by atoms with Gasteiger partial charge in [0.05, 0.1) is 5.69 Å². The van der Waals surface area contributed by atoms with Crippen molar-refractivity contribution in [3.63, 3.8) is 0 Å². The summed E-state index contributed by atoms with van der Waals surface area (Å²) >= 11 is 0. The summed E-state index contributed by atoms with van der Waals surface area (Å²) in [4.78, 5) is 7.10. The zero-order valence-electron chi connectivity index (χ0n) is 17.4. The Labute approximate surface area is 169 Å². The number of nitrogens with zero attached hydrogens (tertiary/aromatic N) is 8. The van der Waals surface area contributed by atoms with Gasteiger partial charge < -0.3 is 4.90 Å². The van der Waals surface area contributed by atoms with Crippen LogP contribution >= 0.6 is 0 Å². The van der Waals surface area contributed by atoms with Crippen molar-refractivity contribution in [3.8, 4) is 11.1 Å². The van der Waals surface area contributed by atoms with Crippen LogP contribution in [-0.2, 0) is 20.0 Å². The summed E-state index contributed by atoms with van der Waals surface area (Å²) in [5, 5.41) is 17.8. The molecular weight excluding hydrogens is 364 g/mol. The van der Waals surface area contributed by atoms with Crippen LogP contribution in [0.25, 0.3) is 16.8 Å². The van der Waals surface area contributed by atoms with Crippen LogP contribution in [0, 0.1) is 27.7 Å². The summed E-state index contributed by atoms with van der Waals surface area (Å²) in [6.07, 6.45) is 4.93. The third kappa shape index (κ3) is 2.78. The van der Waals surface area contributed by atoms with Gasteiger partial charge in [-0.05, 0) is 39.3 Å². The Balaban J connectivity index is 1.55. The number of aromatic nitrogens is 7. The number of hydrogen-bond donors (Lipinski definition) is 0. The summed E-state index contributed by atoms with van der Waals surface area (Å²) in [6.45, 7) is 9.86. The van der Waals surface area contributed by atoms with E-state index in [4.69, 9.17) is 10.1 Å². The van der Waals surface area contributed by atoms with E-state index in [1.165, 1.54) is 11.3 Å². The maximum absolute atomic E-state index is 4.87. The van der Waals surface area contributed by atoms with Crippen LogP contribution in [-0.4, -0.2) is 41.1 Å². The number of rotatable bonds is 2. The highest BCUT2D eigenvalue weighted by Gasteiger charge is 2.23. The second-order valence-electron chi connectivity index (χ2n) is 7.86. The fraction of sp³-hybridized carbons (Fsp3) is 0.381. The Morgan fingerprint density at radius 2 is 1.83 bits per heavy atom. The molecule has 0 bridgehead atoms. The van der Waals surface area contributed by atoms with E-state index in [9.17, 15) is 0 Å². The highest BCUT2D eigenvalue weighted by atomic mass is 15.4. The van der Waals surface area contributed by atoms with Gasteiger partial charge in [0.1, 0.15) is 0 Å². The van der Waals surface area contributed by atoms with Gasteiger partial charge in [-0.1, -0.05) is 0 Å². The summed E-state index contributed by atoms with van der Waals surface area (Å²) in [7, 11) is 1.95. The van der Waals surface area contributed by atoms with Crippen molar-refractivity contribution in [2.45, 2.75) is 40.7 Å². The van der Waals surface area contributed by atoms with E-state index in [2.05, 4.69) is 46.3 Å². The predicted molar refractivity (Wildman–Crippen MR) is 111 cm³/mol. The number of fused-ring (bicyclic) bond motifs is 2. The van der Waals surface area contributed by atoms with Gasteiger partial charge in [-0.25, -0.2) is 0 Å². The first-order valence-electron chi connectivity index (χ1n) is 9.85. The minimum absolute atomic E-state index is 0.787. The fourth-order valence-electron chi connectivity index (χ4n) is 4.15. The molecule has 4 aromatic rings. The summed E-state index contributed by atoms with van der Waals surface area (Å²) < 4.78 is 3.70. The van der Waals surface area contributed by atoms with Crippen molar-refractivity contribution in [1.29, 1.82) is 0 Å². The standard InChI is InChI=1S/C21H24N8/c1-12-13(2)21(26-29-15(4)23-24-20(12)29)28-7-6-19-17(10-28)8-16(9-22-19)18-11-27(5)25-14(18)3/h8-9,11H,6-7,10H2,1-5H3. The van der Waals surface area contributed by atoms with Crippen molar-refractivity contribution in [2.75, 3.05) is 11.4 Å². The Hall–Kier alpha value is -3.29. The molecule has 8 heteroatoms. The number of aryl methyl sites for hydroxylation is 4. The zero-order valence-corrected chi connectivity index (χ0v) is 17.4. The second-order valence-corrected chi connectivity index (χ2v) is 7.86. The highest BCUT2D eigenvalue weighted by Crippen LogP contribution is 2.30. The van der Waals surface area contributed by atoms with Gasteiger partial charge in [-0.2, -0.15) is 9.61 Å². The first kappa shape index (κ1) is 17.8. The van der Waals surface area contributed by atoms with Gasteiger partial charge in [0, 0.05) is 66.9 Å². The molecule has 1 aliphatic heterocycles. The molecule has 0 aliphatic carbocycles. The van der Waals surface area contributed by atoms with Crippen molar-refractivity contribution in [1.82, 2.24) is 34.6 Å². The van der Waals surface area contributed by atoms with Gasteiger partial charge >= 0.3 is 0 Å². The molecule has 5 heterocycles. The molecule has 0 amide bonds. The lowest BCUT2D eigenvalue weighted by Gasteiger charge is -2.30. The molecule has 4 aromatic heterocycles. The second kappa shape index (κ2) is 6.37. The van der Waals surface area contributed by atoms with Crippen LogP contribution in [0.4, 0.5) is 5.82 Å². The molecule has 0 N–H and O–H groups in total. The maximum Gasteiger partial charge on any atom is 0.181 e. The number of pyridine rings is 1. The molecule has 8 nitrogen and oxygen atoms in total. The van der Waals surface area contributed by atoms with Crippen LogP contribution in [0.5, 0.6) is 0 Å². The lowest BCUT2D eigenvalue weighted by molar-refractivity contribution is 0.686. The minimum atomic E-state index is 0.787. The Morgan fingerprint density at radius 1 is 1.00 bits per heavy atom. The third-order valence-electron chi connectivity index (χ3n) is 5.89. The van der Waals surface area contributed by atoms with E-state index in [1.807, 2.05) is 36.3 Å². The Morgan fingerprint density at radius 3 is 2.59 bits per heavy atom. The molecule has 148 valence electrons. The molecule has 0 fully saturated rings. The van der Waals surface area contributed by atoms with E-state index in [0.717, 1.165) is 64.7 Å². The van der Waals surface area contributed by atoms with Gasteiger partial charge in [-0.15, -0.1) is 15.3 Å². The SMILES string of the molecule is Cc1nn(C)cc1-c1cnc2c(c1)CN(c1nn3c(C)nnc3c(C)c1C)CC2. The van der Waals surface area contributed by atoms with Gasteiger partial charge in [0.2, 0.25) is 0 Å². The molecule has 0 saturated carbocycles. The van der Waals surface area contributed by atoms with Crippen molar-refractivity contribution in [3.05, 3.63) is 52.4 Å². The highest BCUT2D eigenvalue weighted by molar-refractivity contribution is 5.66. The lowest BCUT2D eigenvalue weighted by Crippen LogP contribution is -2.33. The average Bonchev–Trinajstić information content (AvgIpc) is 3.25. The number of hydrogen-bond acceptors (Lipinski definition) is 6.